The van der Waals surface area contributed by atoms with Gasteiger partial charge >= 0.3 is 5.97 Å². The Morgan fingerprint density at radius 1 is 0.696 bits per heavy atom. The van der Waals surface area contributed by atoms with Gasteiger partial charge < -0.3 is 4.74 Å². The van der Waals surface area contributed by atoms with E-state index < -0.39 is 0 Å². The molecule has 1 aliphatic heterocycles. The zero-order valence-electron chi connectivity index (χ0n) is 12.8. The Hall–Kier alpha value is -2.87. The van der Waals surface area contributed by atoms with Gasteiger partial charge in [0.15, 0.2) is 0 Å². The molecule has 1 saturated heterocycles. The molecule has 0 aliphatic carbocycles. The topological polar surface area (TPSA) is 26.3 Å². The van der Waals surface area contributed by atoms with Crippen molar-refractivity contribution in [2.75, 3.05) is 0 Å². The van der Waals surface area contributed by atoms with Gasteiger partial charge in [0.25, 0.3) is 0 Å². The Kier molecular flexibility index (Phi) is 4.53. The fourth-order valence-electron chi connectivity index (χ4n) is 2.76. The van der Waals surface area contributed by atoms with Crippen LogP contribution >= 0.6 is 0 Å². The zero-order valence-corrected chi connectivity index (χ0v) is 12.8. The molecular weight excluding hydrogens is 284 g/mol. The number of esters is 1. The molecule has 0 bridgehead atoms. The Bertz CT molecular complexity index is 739. The Balaban J connectivity index is 2.07. The third-order valence-corrected chi connectivity index (χ3v) is 3.91. The van der Waals surface area contributed by atoms with E-state index >= 15 is 0 Å². The van der Waals surface area contributed by atoms with Crippen molar-refractivity contribution in [2.24, 2.45) is 0 Å². The summed E-state index contributed by atoms with van der Waals surface area (Å²) < 4.78 is 5.61. The largest absolute Gasteiger partial charge is 0.453 e. The molecule has 0 N–H and O–H groups in total. The second-order valence-electron chi connectivity index (χ2n) is 5.42. The molecule has 1 unspecified atom stereocenters. The zero-order chi connectivity index (χ0) is 16.1. The summed E-state index contributed by atoms with van der Waals surface area (Å²) in [6.07, 6.45) is -0.352. The van der Waals surface area contributed by atoms with E-state index in [1.807, 2.05) is 84.9 Å². The van der Waals surface area contributed by atoms with Crippen LogP contribution in [0.4, 0.5) is 0 Å². The number of carbonyl (C=O) groups is 1. The SMILES string of the molecule is C=C1C(=O)OC(c2ccccccccc2)[C@@H]1c1ccccc1. The van der Waals surface area contributed by atoms with Crippen LogP contribution in [0, 0.1) is 0 Å². The van der Waals surface area contributed by atoms with Crippen molar-refractivity contribution in [1.82, 2.24) is 0 Å². The maximum absolute atomic E-state index is 12.1. The van der Waals surface area contributed by atoms with Crippen LogP contribution in [0.2, 0.25) is 0 Å². The molecule has 0 spiro atoms. The van der Waals surface area contributed by atoms with E-state index in [9.17, 15) is 4.79 Å². The summed E-state index contributed by atoms with van der Waals surface area (Å²) in [5.41, 5.74) is 2.49. The molecule has 114 valence electrons. The first-order valence-electron chi connectivity index (χ1n) is 7.60. The molecule has 2 atom stereocenters. The first kappa shape index (κ1) is 15.0. The smallest absolute Gasteiger partial charge is 0.334 e. The Labute approximate surface area is 136 Å². The lowest BCUT2D eigenvalue weighted by Gasteiger charge is -2.18. The Morgan fingerprint density at radius 2 is 1.13 bits per heavy atom. The minimum absolute atomic E-state index is 0.157. The summed E-state index contributed by atoms with van der Waals surface area (Å²) in [5, 5.41) is 0. The lowest BCUT2D eigenvalue weighted by molar-refractivity contribution is -0.139. The van der Waals surface area contributed by atoms with Crippen LogP contribution in [0.1, 0.15) is 23.1 Å². The number of cyclic esters (lactones) is 1. The highest BCUT2D eigenvalue weighted by molar-refractivity contribution is 5.92. The van der Waals surface area contributed by atoms with E-state index in [0.29, 0.717) is 5.57 Å². The fourth-order valence-corrected chi connectivity index (χ4v) is 2.76. The minimum Gasteiger partial charge on any atom is -0.453 e. The van der Waals surface area contributed by atoms with Crippen LogP contribution < -0.4 is 0 Å². The molecule has 0 saturated carbocycles. The van der Waals surface area contributed by atoms with Crippen molar-refractivity contribution >= 4 is 5.97 Å². The van der Waals surface area contributed by atoms with E-state index in [0.717, 1.165) is 11.1 Å². The van der Waals surface area contributed by atoms with E-state index in [2.05, 4.69) is 6.58 Å². The van der Waals surface area contributed by atoms with Gasteiger partial charge in [-0.2, -0.15) is 0 Å². The van der Waals surface area contributed by atoms with E-state index in [1.165, 1.54) is 0 Å². The molecule has 23 heavy (non-hydrogen) atoms. The first-order valence-corrected chi connectivity index (χ1v) is 7.60. The number of ether oxygens (including phenoxy) is 1. The summed E-state index contributed by atoms with van der Waals surface area (Å²) in [6.45, 7) is 3.94. The molecule has 2 nitrogen and oxygen atoms in total. The standard InChI is InChI=1S/C21H18O2/c1-16-19(17-12-10-7-11-13-17)20(23-21(16)22)18-14-8-5-3-2-4-6-9-15-18/h2-15,19-20H,1H2/t19-,20?/m0/s1. The van der Waals surface area contributed by atoms with Crippen LogP contribution in [-0.2, 0) is 9.53 Å². The highest BCUT2D eigenvalue weighted by atomic mass is 16.6. The molecule has 3 rings (SSSR count). The van der Waals surface area contributed by atoms with Gasteiger partial charge in [-0.05, 0) is 11.1 Å². The normalized spacial score (nSPS) is 19.8. The predicted octanol–water partition coefficient (Wildman–Crippen LogP) is 4.75. The van der Waals surface area contributed by atoms with Crippen LogP contribution in [0.25, 0.3) is 0 Å². The third kappa shape index (κ3) is 3.32. The van der Waals surface area contributed by atoms with Gasteiger partial charge in [0, 0.05) is 5.57 Å². The van der Waals surface area contributed by atoms with Gasteiger partial charge in [-0.25, -0.2) is 4.79 Å². The van der Waals surface area contributed by atoms with Crippen molar-refractivity contribution in [3.05, 3.63) is 108 Å². The van der Waals surface area contributed by atoms with Gasteiger partial charge in [0.2, 0.25) is 0 Å². The molecule has 0 radical (unpaired) electrons. The van der Waals surface area contributed by atoms with Crippen LogP contribution in [0.5, 0.6) is 0 Å². The molecule has 1 aliphatic rings. The molecule has 0 aromatic heterocycles. The molecule has 2 aromatic carbocycles. The van der Waals surface area contributed by atoms with Crippen LogP contribution in [0.3, 0.4) is 0 Å². The average Bonchev–Trinajstić information content (AvgIpc) is 2.88. The van der Waals surface area contributed by atoms with Crippen molar-refractivity contribution in [1.29, 1.82) is 0 Å². The highest BCUT2D eigenvalue weighted by Gasteiger charge is 2.40. The number of rotatable bonds is 2. The molecular formula is C21H18O2. The number of carbonyl (C=O) groups excluding carboxylic acids is 1. The lowest BCUT2D eigenvalue weighted by atomic mass is 9.86. The minimum atomic E-state index is -0.352. The second kappa shape index (κ2) is 6.93. The first-order chi connectivity index (χ1) is 11.3. The maximum atomic E-state index is 12.1. The number of hydrogen-bond acceptors (Lipinski definition) is 2. The van der Waals surface area contributed by atoms with Gasteiger partial charge in [-0.1, -0.05) is 91.5 Å². The summed E-state index contributed by atoms with van der Waals surface area (Å²) in [5.74, 6) is -0.481. The van der Waals surface area contributed by atoms with Crippen LogP contribution in [-0.4, -0.2) is 5.97 Å². The van der Waals surface area contributed by atoms with Crippen LogP contribution in [0.15, 0.2) is 97.1 Å². The molecule has 1 fully saturated rings. The monoisotopic (exact) mass is 302 g/mol. The average molecular weight is 302 g/mol. The quantitative estimate of drug-likeness (QED) is 0.591. The summed E-state index contributed by atoms with van der Waals surface area (Å²) in [4.78, 5) is 12.1. The molecule has 0 amide bonds. The van der Waals surface area contributed by atoms with E-state index in [4.69, 9.17) is 4.74 Å². The van der Waals surface area contributed by atoms with Gasteiger partial charge in [-0.3, -0.25) is 0 Å². The Morgan fingerprint density at radius 3 is 1.70 bits per heavy atom. The van der Waals surface area contributed by atoms with Gasteiger partial charge in [0.1, 0.15) is 6.10 Å². The molecule has 2 aromatic rings. The molecule has 1 heterocycles. The number of benzene rings is 1. The predicted molar refractivity (Wildman–Crippen MR) is 91.2 cm³/mol. The summed E-state index contributed by atoms with van der Waals surface area (Å²) >= 11 is 0. The highest BCUT2D eigenvalue weighted by Crippen LogP contribution is 2.44. The third-order valence-electron chi connectivity index (χ3n) is 3.91. The molecule has 2 heteroatoms. The summed E-state index contributed by atoms with van der Waals surface area (Å²) in [7, 11) is 0. The summed E-state index contributed by atoms with van der Waals surface area (Å²) in [6, 6.07) is 27.5. The van der Waals surface area contributed by atoms with Gasteiger partial charge in [-0.15, -0.1) is 0 Å². The van der Waals surface area contributed by atoms with Crippen molar-refractivity contribution in [2.45, 2.75) is 12.0 Å². The maximum Gasteiger partial charge on any atom is 0.334 e. The second-order valence-corrected chi connectivity index (χ2v) is 5.42. The number of hydrogen-bond donors (Lipinski definition) is 0. The van der Waals surface area contributed by atoms with Gasteiger partial charge in [0.05, 0.1) is 5.92 Å². The fraction of sp³-hybridized carbons (Fsp3) is 0.0952. The lowest BCUT2D eigenvalue weighted by Crippen LogP contribution is -2.06. The van der Waals surface area contributed by atoms with E-state index in [-0.39, 0.29) is 18.0 Å². The van der Waals surface area contributed by atoms with E-state index in [1.54, 1.807) is 0 Å². The van der Waals surface area contributed by atoms with Crippen molar-refractivity contribution in [3.8, 4) is 0 Å². The van der Waals surface area contributed by atoms with Crippen molar-refractivity contribution < 1.29 is 9.53 Å². The van der Waals surface area contributed by atoms with Crippen molar-refractivity contribution in [3.63, 3.8) is 0 Å².